The number of hydrogen-bond acceptors (Lipinski definition) is 5. The average molecular weight is 341 g/mol. The SMILES string of the molecule is Cc1sc(NC(=O)C2CC=CCC2C(=O)[O-])nc1-c1ccccc1. The van der Waals surface area contributed by atoms with Crippen LogP contribution < -0.4 is 10.4 Å². The number of nitrogens with zero attached hydrogens (tertiary/aromatic N) is 1. The van der Waals surface area contributed by atoms with Crippen LogP contribution in [0.3, 0.4) is 0 Å². The first kappa shape index (κ1) is 16.4. The second-order valence-corrected chi connectivity index (χ2v) is 6.96. The van der Waals surface area contributed by atoms with Crippen LogP contribution in [0.2, 0.25) is 0 Å². The Hall–Kier alpha value is -2.47. The van der Waals surface area contributed by atoms with Gasteiger partial charge in [-0.05, 0) is 19.8 Å². The molecule has 0 saturated carbocycles. The number of aryl methyl sites for hydroxylation is 1. The fourth-order valence-electron chi connectivity index (χ4n) is 2.88. The van der Waals surface area contributed by atoms with E-state index in [0.29, 0.717) is 18.0 Å². The van der Waals surface area contributed by atoms with E-state index in [2.05, 4.69) is 10.3 Å². The number of aromatic nitrogens is 1. The van der Waals surface area contributed by atoms with Gasteiger partial charge in [0.25, 0.3) is 0 Å². The number of rotatable bonds is 4. The summed E-state index contributed by atoms with van der Waals surface area (Å²) in [5, 5.41) is 14.5. The van der Waals surface area contributed by atoms with Crippen LogP contribution in [-0.4, -0.2) is 16.9 Å². The van der Waals surface area contributed by atoms with E-state index in [1.165, 1.54) is 11.3 Å². The highest BCUT2D eigenvalue weighted by molar-refractivity contribution is 7.16. The quantitative estimate of drug-likeness (QED) is 0.866. The minimum Gasteiger partial charge on any atom is -0.550 e. The standard InChI is InChI=1S/C18H18N2O3S/c1-11-15(12-7-3-2-4-8-12)19-18(24-11)20-16(21)13-9-5-6-10-14(13)17(22)23/h2-8,13-14H,9-10H2,1H3,(H,22,23)(H,19,20,21)/p-1. The van der Waals surface area contributed by atoms with E-state index in [4.69, 9.17) is 0 Å². The van der Waals surface area contributed by atoms with Crippen LogP contribution >= 0.6 is 11.3 Å². The van der Waals surface area contributed by atoms with Gasteiger partial charge >= 0.3 is 0 Å². The molecule has 24 heavy (non-hydrogen) atoms. The average Bonchev–Trinajstić information content (AvgIpc) is 2.96. The molecule has 1 N–H and O–H groups in total. The maximum atomic E-state index is 12.5. The second-order valence-electron chi connectivity index (χ2n) is 5.75. The van der Waals surface area contributed by atoms with Gasteiger partial charge in [-0.3, -0.25) is 4.79 Å². The van der Waals surface area contributed by atoms with Crippen molar-refractivity contribution in [1.29, 1.82) is 0 Å². The van der Waals surface area contributed by atoms with Crippen LogP contribution in [-0.2, 0) is 9.59 Å². The molecule has 124 valence electrons. The number of aliphatic carboxylic acids is 1. The third-order valence-corrected chi connectivity index (χ3v) is 5.03. The number of benzene rings is 1. The minimum atomic E-state index is -1.18. The number of carboxylic acids is 1. The van der Waals surface area contributed by atoms with E-state index in [9.17, 15) is 14.7 Å². The monoisotopic (exact) mass is 341 g/mol. The van der Waals surface area contributed by atoms with Crippen molar-refractivity contribution < 1.29 is 14.7 Å². The van der Waals surface area contributed by atoms with Crippen molar-refractivity contribution >= 4 is 28.3 Å². The molecule has 0 aliphatic heterocycles. The summed E-state index contributed by atoms with van der Waals surface area (Å²) in [7, 11) is 0. The van der Waals surface area contributed by atoms with Crippen LogP contribution in [0.25, 0.3) is 11.3 Å². The van der Waals surface area contributed by atoms with Gasteiger partial charge in [-0.15, -0.1) is 11.3 Å². The summed E-state index contributed by atoms with van der Waals surface area (Å²) >= 11 is 1.39. The number of carboxylic acid groups (broad SMARTS) is 1. The Morgan fingerprint density at radius 2 is 1.83 bits per heavy atom. The molecule has 3 rings (SSSR count). The Balaban J connectivity index is 1.78. The number of hydrogen-bond donors (Lipinski definition) is 1. The molecule has 1 aliphatic carbocycles. The number of nitrogens with one attached hydrogen (secondary N) is 1. The molecule has 1 amide bonds. The molecule has 5 nitrogen and oxygen atoms in total. The molecule has 2 atom stereocenters. The van der Waals surface area contributed by atoms with Gasteiger partial charge in [-0.25, -0.2) is 4.98 Å². The first-order chi connectivity index (χ1) is 11.6. The van der Waals surface area contributed by atoms with Crippen molar-refractivity contribution in [3.8, 4) is 11.3 Å². The Bertz CT molecular complexity index is 783. The number of amides is 1. The van der Waals surface area contributed by atoms with Crippen molar-refractivity contribution in [3.63, 3.8) is 0 Å². The Kier molecular flexibility index (Phi) is 4.76. The van der Waals surface area contributed by atoms with Crippen LogP contribution in [0, 0.1) is 18.8 Å². The maximum Gasteiger partial charge on any atom is 0.230 e. The zero-order chi connectivity index (χ0) is 17.1. The maximum absolute atomic E-state index is 12.5. The molecule has 0 fully saturated rings. The fraction of sp³-hybridized carbons (Fsp3) is 0.278. The summed E-state index contributed by atoms with van der Waals surface area (Å²) in [6.45, 7) is 1.95. The van der Waals surface area contributed by atoms with E-state index >= 15 is 0 Å². The van der Waals surface area contributed by atoms with Crippen molar-refractivity contribution in [2.75, 3.05) is 5.32 Å². The molecule has 1 aromatic carbocycles. The highest BCUT2D eigenvalue weighted by Crippen LogP contribution is 2.32. The van der Waals surface area contributed by atoms with Gasteiger partial charge in [0.05, 0.1) is 11.6 Å². The summed E-state index contributed by atoms with van der Waals surface area (Å²) in [6.07, 6.45) is 4.35. The lowest BCUT2D eigenvalue weighted by atomic mass is 9.82. The van der Waals surface area contributed by atoms with E-state index in [1.54, 1.807) is 6.08 Å². The van der Waals surface area contributed by atoms with Crippen molar-refractivity contribution in [3.05, 3.63) is 47.4 Å². The zero-order valence-electron chi connectivity index (χ0n) is 13.2. The Labute approximate surface area is 144 Å². The summed E-state index contributed by atoms with van der Waals surface area (Å²) in [5.41, 5.74) is 1.82. The van der Waals surface area contributed by atoms with Gasteiger partial charge < -0.3 is 15.2 Å². The van der Waals surface area contributed by atoms with Crippen molar-refractivity contribution in [1.82, 2.24) is 4.98 Å². The number of thiazole rings is 1. The second kappa shape index (κ2) is 6.97. The van der Waals surface area contributed by atoms with Crippen molar-refractivity contribution in [2.24, 2.45) is 11.8 Å². The Morgan fingerprint density at radius 1 is 1.17 bits per heavy atom. The van der Waals surface area contributed by atoms with E-state index in [-0.39, 0.29) is 5.91 Å². The normalized spacial score (nSPS) is 19.9. The first-order valence-electron chi connectivity index (χ1n) is 7.76. The smallest absolute Gasteiger partial charge is 0.230 e. The zero-order valence-corrected chi connectivity index (χ0v) is 14.0. The molecule has 1 heterocycles. The lowest BCUT2D eigenvalue weighted by molar-refractivity contribution is -0.313. The summed E-state index contributed by atoms with van der Waals surface area (Å²) in [6, 6.07) is 9.73. The largest absolute Gasteiger partial charge is 0.550 e. The van der Waals surface area contributed by atoms with Crippen LogP contribution in [0.15, 0.2) is 42.5 Å². The number of carbonyl (C=O) groups is 2. The lowest BCUT2D eigenvalue weighted by Gasteiger charge is -2.27. The topological polar surface area (TPSA) is 82.1 Å². The number of carbonyl (C=O) groups excluding carboxylic acids is 2. The third kappa shape index (κ3) is 3.38. The van der Waals surface area contributed by atoms with Gasteiger partial charge in [-0.2, -0.15) is 0 Å². The molecule has 6 heteroatoms. The molecule has 2 aromatic rings. The van der Waals surface area contributed by atoms with E-state index in [1.807, 2.05) is 43.3 Å². The van der Waals surface area contributed by atoms with Gasteiger partial charge in [0.15, 0.2) is 5.13 Å². The fourth-order valence-corrected chi connectivity index (χ4v) is 3.72. The summed E-state index contributed by atoms with van der Waals surface area (Å²) < 4.78 is 0. The highest BCUT2D eigenvalue weighted by Gasteiger charge is 2.30. The molecule has 2 unspecified atom stereocenters. The number of anilines is 1. The van der Waals surface area contributed by atoms with Gasteiger partial charge in [0.1, 0.15) is 0 Å². The lowest BCUT2D eigenvalue weighted by Crippen LogP contribution is -2.41. The molecular weight excluding hydrogens is 324 g/mol. The predicted molar refractivity (Wildman–Crippen MR) is 91.3 cm³/mol. The van der Waals surface area contributed by atoms with Gasteiger partial charge in [-0.1, -0.05) is 42.5 Å². The van der Waals surface area contributed by atoms with Crippen LogP contribution in [0.1, 0.15) is 17.7 Å². The van der Waals surface area contributed by atoms with Gasteiger partial charge in [0, 0.05) is 22.3 Å². The molecule has 0 saturated heterocycles. The molecular formula is C18H17N2O3S-. The molecule has 0 spiro atoms. The van der Waals surface area contributed by atoms with Gasteiger partial charge in [0.2, 0.25) is 5.91 Å². The molecule has 0 bridgehead atoms. The Morgan fingerprint density at radius 3 is 2.50 bits per heavy atom. The summed E-state index contributed by atoms with van der Waals surface area (Å²) in [4.78, 5) is 29.2. The minimum absolute atomic E-state index is 0.318. The number of allylic oxidation sites excluding steroid dienone is 2. The third-order valence-electron chi connectivity index (χ3n) is 4.15. The highest BCUT2D eigenvalue weighted by atomic mass is 32.1. The molecule has 0 radical (unpaired) electrons. The first-order valence-corrected chi connectivity index (χ1v) is 8.57. The van der Waals surface area contributed by atoms with E-state index in [0.717, 1.165) is 16.1 Å². The summed E-state index contributed by atoms with van der Waals surface area (Å²) in [5.74, 6) is -2.91. The van der Waals surface area contributed by atoms with Crippen molar-refractivity contribution in [2.45, 2.75) is 19.8 Å². The van der Waals surface area contributed by atoms with E-state index < -0.39 is 17.8 Å². The van der Waals surface area contributed by atoms with Crippen LogP contribution in [0.4, 0.5) is 5.13 Å². The molecule has 1 aliphatic rings. The van der Waals surface area contributed by atoms with Crippen LogP contribution in [0.5, 0.6) is 0 Å². The molecule has 1 aromatic heterocycles. The predicted octanol–water partition coefficient (Wildman–Crippen LogP) is 2.39.